The van der Waals surface area contributed by atoms with E-state index in [1.54, 1.807) is 0 Å². The Morgan fingerprint density at radius 3 is 2.52 bits per heavy atom. The quantitative estimate of drug-likeness (QED) is 0.401. The highest BCUT2D eigenvalue weighted by atomic mass is 127. The number of nitrogens with zero attached hydrogens (tertiary/aromatic N) is 4. The SMILES string of the molecule is CN=C(NCc1ccc(N2CCN(C)CC2)nc1)NCC1CCC1.I. The van der Waals surface area contributed by atoms with Gasteiger partial charge in [-0.1, -0.05) is 12.5 Å². The molecule has 1 aliphatic heterocycles. The molecule has 1 aromatic rings. The van der Waals surface area contributed by atoms with Crippen LogP contribution < -0.4 is 15.5 Å². The molecule has 0 aromatic carbocycles. The van der Waals surface area contributed by atoms with E-state index in [1.165, 1.54) is 24.8 Å². The molecule has 140 valence electrons. The minimum atomic E-state index is 0. The first-order valence-electron chi connectivity index (χ1n) is 9.07. The molecule has 2 aliphatic rings. The Balaban J connectivity index is 0.00000225. The molecule has 2 fully saturated rings. The number of likely N-dealkylation sites (N-methyl/N-ethyl adjacent to an activating group) is 1. The maximum absolute atomic E-state index is 4.63. The average molecular weight is 458 g/mol. The molecule has 0 bridgehead atoms. The maximum atomic E-state index is 4.63. The van der Waals surface area contributed by atoms with Gasteiger partial charge in [0.2, 0.25) is 0 Å². The van der Waals surface area contributed by atoms with Gasteiger partial charge in [0.15, 0.2) is 5.96 Å². The molecule has 25 heavy (non-hydrogen) atoms. The fraction of sp³-hybridized carbons (Fsp3) is 0.667. The molecule has 7 heteroatoms. The van der Waals surface area contributed by atoms with E-state index in [0.717, 1.165) is 57.0 Å². The van der Waals surface area contributed by atoms with Crippen molar-refractivity contribution in [2.75, 3.05) is 51.7 Å². The third-order valence-electron chi connectivity index (χ3n) is 5.10. The van der Waals surface area contributed by atoms with Crippen LogP contribution in [0.3, 0.4) is 0 Å². The molecule has 2 N–H and O–H groups in total. The normalized spacial score (nSPS) is 19.1. The van der Waals surface area contributed by atoms with Gasteiger partial charge >= 0.3 is 0 Å². The minimum Gasteiger partial charge on any atom is -0.356 e. The van der Waals surface area contributed by atoms with E-state index in [4.69, 9.17) is 0 Å². The lowest BCUT2D eigenvalue weighted by Gasteiger charge is -2.33. The van der Waals surface area contributed by atoms with E-state index in [1.807, 2.05) is 13.2 Å². The summed E-state index contributed by atoms with van der Waals surface area (Å²) in [5, 5.41) is 6.79. The van der Waals surface area contributed by atoms with Crippen molar-refractivity contribution in [3.8, 4) is 0 Å². The zero-order chi connectivity index (χ0) is 16.8. The largest absolute Gasteiger partial charge is 0.356 e. The highest BCUT2D eigenvalue weighted by Gasteiger charge is 2.17. The second-order valence-corrected chi connectivity index (χ2v) is 6.92. The fourth-order valence-electron chi connectivity index (χ4n) is 3.09. The monoisotopic (exact) mass is 458 g/mol. The third kappa shape index (κ3) is 5.99. The van der Waals surface area contributed by atoms with Gasteiger partial charge in [0.05, 0.1) is 0 Å². The number of guanidine groups is 1. The van der Waals surface area contributed by atoms with E-state index < -0.39 is 0 Å². The molecule has 0 spiro atoms. The Morgan fingerprint density at radius 1 is 1.20 bits per heavy atom. The Morgan fingerprint density at radius 2 is 1.96 bits per heavy atom. The number of anilines is 1. The average Bonchev–Trinajstić information content (AvgIpc) is 2.57. The molecule has 0 amide bonds. The predicted molar refractivity (Wildman–Crippen MR) is 115 cm³/mol. The summed E-state index contributed by atoms with van der Waals surface area (Å²) in [6, 6.07) is 4.29. The Labute approximate surface area is 168 Å². The van der Waals surface area contributed by atoms with Gasteiger partial charge in [-0.25, -0.2) is 4.98 Å². The summed E-state index contributed by atoms with van der Waals surface area (Å²) in [5.41, 5.74) is 1.18. The van der Waals surface area contributed by atoms with Gasteiger partial charge < -0.3 is 20.4 Å². The molecular weight excluding hydrogens is 427 g/mol. The maximum Gasteiger partial charge on any atom is 0.191 e. The number of nitrogens with one attached hydrogen (secondary N) is 2. The molecule has 1 saturated carbocycles. The van der Waals surface area contributed by atoms with Crippen molar-refractivity contribution < 1.29 is 0 Å². The van der Waals surface area contributed by atoms with Crippen LogP contribution in [-0.4, -0.2) is 62.7 Å². The van der Waals surface area contributed by atoms with E-state index in [0.29, 0.717) is 0 Å². The van der Waals surface area contributed by atoms with Crippen LogP contribution in [0.5, 0.6) is 0 Å². The molecular formula is C18H31IN6. The Hall–Kier alpha value is -1.09. The number of aliphatic imine (C=N–C) groups is 1. The Bertz CT molecular complexity index is 535. The van der Waals surface area contributed by atoms with E-state index >= 15 is 0 Å². The van der Waals surface area contributed by atoms with E-state index in [9.17, 15) is 0 Å². The zero-order valence-corrected chi connectivity index (χ0v) is 17.7. The van der Waals surface area contributed by atoms with E-state index in [2.05, 4.69) is 49.6 Å². The topological polar surface area (TPSA) is 55.8 Å². The van der Waals surface area contributed by atoms with Gasteiger partial charge in [-0.05, 0) is 37.4 Å². The van der Waals surface area contributed by atoms with Crippen molar-refractivity contribution in [2.24, 2.45) is 10.9 Å². The fourth-order valence-corrected chi connectivity index (χ4v) is 3.09. The highest BCUT2D eigenvalue weighted by molar-refractivity contribution is 14.0. The molecule has 1 aliphatic carbocycles. The number of hydrogen-bond acceptors (Lipinski definition) is 4. The lowest BCUT2D eigenvalue weighted by Crippen LogP contribution is -2.44. The number of hydrogen-bond donors (Lipinski definition) is 2. The van der Waals surface area contributed by atoms with Crippen molar-refractivity contribution >= 4 is 35.8 Å². The second kappa shape index (κ2) is 10.2. The van der Waals surface area contributed by atoms with Crippen molar-refractivity contribution in [1.82, 2.24) is 20.5 Å². The van der Waals surface area contributed by atoms with Crippen molar-refractivity contribution in [1.29, 1.82) is 0 Å². The van der Waals surface area contributed by atoms with Crippen LogP contribution in [0.1, 0.15) is 24.8 Å². The summed E-state index contributed by atoms with van der Waals surface area (Å²) in [6.07, 6.45) is 6.05. The number of halogens is 1. The standard InChI is InChI=1S/C18H30N6.HI/c1-19-18(21-12-15-4-3-5-15)22-14-16-6-7-17(20-13-16)24-10-8-23(2)9-11-24;/h6-7,13,15H,3-5,8-12,14H2,1-2H3,(H2,19,21,22);1H. The van der Waals surface area contributed by atoms with Crippen LogP contribution in [-0.2, 0) is 6.54 Å². The summed E-state index contributed by atoms with van der Waals surface area (Å²) in [7, 11) is 4.00. The van der Waals surface area contributed by atoms with Crippen LogP contribution in [0.2, 0.25) is 0 Å². The van der Waals surface area contributed by atoms with Gasteiger partial charge in [-0.3, -0.25) is 4.99 Å². The van der Waals surface area contributed by atoms with Gasteiger partial charge in [0.25, 0.3) is 0 Å². The summed E-state index contributed by atoms with van der Waals surface area (Å²) < 4.78 is 0. The minimum absolute atomic E-state index is 0. The first-order chi connectivity index (χ1) is 11.7. The number of piperazine rings is 1. The first kappa shape index (κ1) is 20.2. The molecule has 0 atom stereocenters. The van der Waals surface area contributed by atoms with Crippen LogP contribution >= 0.6 is 24.0 Å². The van der Waals surface area contributed by atoms with Crippen LogP contribution in [0.15, 0.2) is 23.3 Å². The number of rotatable bonds is 5. The molecule has 6 nitrogen and oxygen atoms in total. The molecule has 1 saturated heterocycles. The zero-order valence-electron chi connectivity index (χ0n) is 15.4. The lowest BCUT2D eigenvalue weighted by molar-refractivity contribution is 0.312. The molecule has 3 rings (SSSR count). The molecule has 2 heterocycles. The first-order valence-corrected chi connectivity index (χ1v) is 9.07. The van der Waals surface area contributed by atoms with Gasteiger partial charge in [0, 0.05) is 52.5 Å². The third-order valence-corrected chi connectivity index (χ3v) is 5.10. The lowest BCUT2D eigenvalue weighted by atomic mass is 9.85. The highest BCUT2D eigenvalue weighted by Crippen LogP contribution is 2.25. The molecule has 0 unspecified atom stereocenters. The van der Waals surface area contributed by atoms with Gasteiger partial charge in [0.1, 0.15) is 5.82 Å². The van der Waals surface area contributed by atoms with Crippen LogP contribution in [0.4, 0.5) is 5.82 Å². The number of aromatic nitrogens is 1. The predicted octanol–water partition coefficient (Wildman–Crippen LogP) is 1.92. The molecule has 0 radical (unpaired) electrons. The van der Waals surface area contributed by atoms with Crippen molar-refractivity contribution in [2.45, 2.75) is 25.8 Å². The number of pyridine rings is 1. The summed E-state index contributed by atoms with van der Waals surface area (Å²) in [4.78, 5) is 13.6. The second-order valence-electron chi connectivity index (χ2n) is 6.92. The van der Waals surface area contributed by atoms with Gasteiger partial charge in [-0.2, -0.15) is 0 Å². The van der Waals surface area contributed by atoms with Crippen LogP contribution in [0.25, 0.3) is 0 Å². The van der Waals surface area contributed by atoms with Crippen molar-refractivity contribution in [3.05, 3.63) is 23.9 Å². The summed E-state index contributed by atoms with van der Waals surface area (Å²) in [6.45, 7) is 6.10. The van der Waals surface area contributed by atoms with Crippen LogP contribution in [0, 0.1) is 5.92 Å². The van der Waals surface area contributed by atoms with Gasteiger partial charge in [-0.15, -0.1) is 24.0 Å². The summed E-state index contributed by atoms with van der Waals surface area (Å²) >= 11 is 0. The van der Waals surface area contributed by atoms with Crippen molar-refractivity contribution in [3.63, 3.8) is 0 Å². The Kier molecular flexibility index (Phi) is 8.21. The van der Waals surface area contributed by atoms with E-state index in [-0.39, 0.29) is 24.0 Å². The smallest absolute Gasteiger partial charge is 0.191 e. The summed E-state index contributed by atoms with van der Waals surface area (Å²) in [5.74, 6) is 2.79. The molecule has 1 aromatic heterocycles.